The van der Waals surface area contributed by atoms with E-state index in [1.54, 1.807) is 0 Å². The summed E-state index contributed by atoms with van der Waals surface area (Å²) in [6.07, 6.45) is 7.61. The second kappa shape index (κ2) is 6.09. The molecular weight excluding hydrogens is 208 g/mol. The van der Waals surface area contributed by atoms with Crippen LogP contribution in [0.15, 0.2) is 12.1 Å². The predicted molar refractivity (Wildman–Crippen MR) is 71.5 cm³/mol. The van der Waals surface area contributed by atoms with Crippen molar-refractivity contribution in [2.24, 2.45) is 5.92 Å². The van der Waals surface area contributed by atoms with E-state index < -0.39 is 0 Å². The first-order valence-corrected chi connectivity index (χ1v) is 6.92. The van der Waals surface area contributed by atoms with Crippen molar-refractivity contribution in [3.05, 3.63) is 29.3 Å². The van der Waals surface area contributed by atoms with Crippen molar-refractivity contribution in [2.45, 2.75) is 52.4 Å². The van der Waals surface area contributed by atoms with Crippen LogP contribution in [0.2, 0.25) is 0 Å². The van der Waals surface area contributed by atoms with E-state index in [9.17, 15) is 0 Å². The third kappa shape index (κ3) is 3.49. The molecule has 0 atom stereocenters. The molecule has 1 nitrogen and oxygen atoms in total. The normalized spacial score (nSPS) is 13.8. The Morgan fingerprint density at radius 1 is 1.29 bits per heavy atom. The molecule has 1 aromatic carbocycles. The minimum absolute atomic E-state index is 0.843. The maximum absolute atomic E-state index is 5.58. The van der Waals surface area contributed by atoms with Crippen LogP contribution in [0.25, 0.3) is 0 Å². The van der Waals surface area contributed by atoms with Gasteiger partial charge in [0.15, 0.2) is 0 Å². The summed E-state index contributed by atoms with van der Waals surface area (Å²) in [7, 11) is 0. The van der Waals surface area contributed by atoms with Gasteiger partial charge in [-0.05, 0) is 36.5 Å². The lowest BCUT2D eigenvalue weighted by molar-refractivity contribution is 0.357. The first-order chi connectivity index (χ1) is 8.27. The predicted octanol–water partition coefficient (Wildman–Crippen LogP) is 4.18. The van der Waals surface area contributed by atoms with Gasteiger partial charge in [0, 0.05) is 12.0 Å². The molecule has 0 spiro atoms. The summed E-state index contributed by atoms with van der Waals surface area (Å²) in [4.78, 5) is 0. The summed E-state index contributed by atoms with van der Waals surface area (Å²) in [5.41, 5.74) is 2.81. The van der Waals surface area contributed by atoms with Gasteiger partial charge in [0.1, 0.15) is 5.75 Å². The van der Waals surface area contributed by atoms with E-state index >= 15 is 0 Å². The van der Waals surface area contributed by atoms with E-state index in [1.165, 1.54) is 43.2 Å². The van der Waals surface area contributed by atoms with Gasteiger partial charge in [-0.15, -0.1) is 0 Å². The molecule has 1 aliphatic rings. The fourth-order valence-corrected chi connectivity index (χ4v) is 2.48. The number of benzene rings is 1. The third-order valence-corrected chi connectivity index (χ3v) is 3.47. The number of hydrogen-bond acceptors (Lipinski definition) is 1. The molecule has 0 saturated carbocycles. The number of rotatable bonds is 6. The van der Waals surface area contributed by atoms with Crippen molar-refractivity contribution in [3.63, 3.8) is 0 Å². The Balaban J connectivity index is 1.78. The van der Waals surface area contributed by atoms with Crippen LogP contribution in [-0.2, 0) is 12.8 Å². The summed E-state index contributed by atoms with van der Waals surface area (Å²) in [6, 6.07) is 7.44. The molecule has 0 N–H and O–H groups in total. The fourth-order valence-electron chi connectivity index (χ4n) is 2.48. The van der Waals surface area contributed by atoms with E-state index in [2.05, 4.69) is 19.9 Å². The van der Waals surface area contributed by atoms with E-state index in [0.717, 1.165) is 24.7 Å². The zero-order valence-electron chi connectivity index (χ0n) is 11.1. The second-order valence-electron chi connectivity index (χ2n) is 5.39. The molecule has 93 valence electrons. The van der Waals surface area contributed by atoms with Crippen molar-refractivity contribution in [3.8, 4) is 5.75 Å². The number of hydrogen-bond donors (Lipinski definition) is 0. The molecule has 1 aliphatic heterocycles. The van der Waals surface area contributed by atoms with Crippen LogP contribution in [0.3, 0.4) is 0 Å². The van der Waals surface area contributed by atoms with Gasteiger partial charge in [0.25, 0.3) is 0 Å². The van der Waals surface area contributed by atoms with Gasteiger partial charge in [-0.2, -0.15) is 0 Å². The summed E-state index contributed by atoms with van der Waals surface area (Å²) in [5, 5.41) is 0. The summed E-state index contributed by atoms with van der Waals surface area (Å²) < 4.78 is 5.58. The standard InChI is InChI=1S/C16H23O/c1-13(2)7-4-3-5-8-14-9-6-10-16-15(14)11-12-17-16/h6,10,13H,3-5,7-8,11-12H2,1-2H3. The van der Waals surface area contributed by atoms with Crippen molar-refractivity contribution < 1.29 is 4.74 Å². The summed E-state index contributed by atoms with van der Waals surface area (Å²) >= 11 is 0. The molecule has 0 saturated heterocycles. The Morgan fingerprint density at radius 3 is 3.00 bits per heavy atom. The SMILES string of the molecule is CC(C)CCCCCc1[c]ccc2c1CCO2. The molecular formula is C16H23O. The van der Waals surface area contributed by atoms with Crippen molar-refractivity contribution >= 4 is 0 Å². The van der Waals surface area contributed by atoms with Crippen LogP contribution in [-0.4, -0.2) is 6.61 Å². The van der Waals surface area contributed by atoms with Gasteiger partial charge < -0.3 is 4.74 Å². The Labute approximate surface area is 105 Å². The maximum Gasteiger partial charge on any atom is 0.122 e. The summed E-state index contributed by atoms with van der Waals surface area (Å²) in [6.45, 7) is 5.46. The minimum Gasteiger partial charge on any atom is -0.493 e. The molecule has 1 aromatic rings. The molecule has 2 rings (SSSR count). The lowest BCUT2D eigenvalue weighted by atomic mass is 9.98. The topological polar surface area (TPSA) is 9.23 Å². The Hall–Kier alpha value is -0.980. The Bertz CT molecular complexity index is 355. The molecule has 1 heterocycles. The number of ether oxygens (including phenoxy) is 1. The van der Waals surface area contributed by atoms with Gasteiger partial charge in [0.2, 0.25) is 0 Å². The van der Waals surface area contributed by atoms with Gasteiger partial charge in [-0.3, -0.25) is 0 Å². The van der Waals surface area contributed by atoms with Crippen molar-refractivity contribution in [1.29, 1.82) is 0 Å². The number of fused-ring (bicyclic) bond motifs is 1. The number of aryl methyl sites for hydroxylation is 1. The highest BCUT2D eigenvalue weighted by Crippen LogP contribution is 2.28. The largest absolute Gasteiger partial charge is 0.493 e. The zero-order chi connectivity index (χ0) is 12.1. The smallest absolute Gasteiger partial charge is 0.122 e. The highest BCUT2D eigenvalue weighted by molar-refractivity contribution is 5.42. The minimum atomic E-state index is 0.843. The molecule has 0 aromatic heterocycles. The van der Waals surface area contributed by atoms with E-state index in [0.29, 0.717) is 0 Å². The van der Waals surface area contributed by atoms with Crippen LogP contribution in [0.1, 0.15) is 50.7 Å². The second-order valence-corrected chi connectivity index (χ2v) is 5.39. The van der Waals surface area contributed by atoms with Crippen LogP contribution in [0, 0.1) is 12.0 Å². The average Bonchev–Trinajstić information content (AvgIpc) is 2.77. The van der Waals surface area contributed by atoms with Crippen molar-refractivity contribution in [1.82, 2.24) is 0 Å². The van der Waals surface area contributed by atoms with E-state index in [1.807, 2.05) is 12.1 Å². The maximum atomic E-state index is 5.58. The zero-order valence-corrected chi connectivity index (χ0v) is 11.1. The van der Waals surface area contributed by atoms with Crippen LogP contribution >= 0.6 is 0 Å². The van der Waals surface area contributed by atoms with Crippen LogP contribution in [0.4, 0.5) is 0 Å². The van der Waals surface area contributed by atoms with Gasteiger partial charge in [-0.1, -0.05) is 39.2 Å². The Morgan fingerprint density at radius 2 is 2.18 bits per heavy atom. The van der Waals surface area contributed by atoms with E-state index in [4.69, 9.17) is 4.74 Å². The molecule has 0 amide bonds. The first kappa shape index (κ1) is 12.5. The van der Waals surface area contributed by atoms with Gasteiger partial charge >= 0.3 is 0 Å². The lowest BCUT2D eigenvalue weighted by Gasteiger charge is -2.07. The molecule has 17 heavy (non-hydrogen) atoms. The van der Waals surface area contributed by atoms with Crippen molar-refractivity contribution in [2.75, 3.05) is 6.61 Å². The molecule has 0 fully saturated rings. The molecule has 0 unspecified atom stereocenters. The molecule has 0 aliphatic carbocycles. The summed E-state index contributed by atoms with van der Waals surface area (Å²) in [5.74, 6) is 1.94. The molecule has 1 heteroatoms. The highest BCUT2D eigenvalue weighted by atomic mass is 16.5. The molecule has 1 radical (unpaired) electrons. The van der Waals surface area contributed by atoms with Crippen LogP contribution in [0.5, 0.6) is 5.75 Å². The number of unbranched alkanes of at least 4 members (excludes halogenated alkanes) is 2. The van der Waals surface area contributed by atoms with Gasteiger partial charge in [0.05, 0.1) is 6.61 Å². The molecule has 0 bridgehead atoms. The van der Waals surface area contributed by atoms with E-state index in [-0.39, 0.29) is 0 Å². The fraction of sp³-hybridized carbons (Fsp3) is 0.625. The monoisotopic (exact) mass is 231 g/mol. The third-order valence-electron chi connectivity index (χ3n) is 3.47. The Kier molecular flexibility index (Phi) is 4.47. The lowest BCUT2D eigenvalue weighted by Crippen LogP contribution is -1.93. The first-order valence-electron chi connectivity index (χ1n) is 6.92. The van der Waals surface area contributed by atoms with Gasteiger partial charge in [-0.25, -0.2) is 0 Å². The van der Waals surface area contributed by atoms with Crippen LogP contribution < -0.4 is 4.74 Å². The average molecular weight is 231 g/mol. The quantitative estimate of drug-likeness (QED) is 0.667. The highest BCUT2D eigenvalue weighted by Gasteiger charge is 2.15.